The lowest BCUT2D eigenvalue weighted by Crippen LogP contribution is -2.37. The molecule has 1 amide bonds. The van der Waals surface area contributed by atoms with E-state index in [2.05, 4.69) is 21.4 Å². The van der Waals surface area contributed by atoms with E-state index in [1.807, 2.05) is 24.4 Å². The van der Waals surface area contributed by atoms with E-state index >= 15 is 0 Å². The van der Waals surface area contributed by atoms with Gasteiger partial charge in [-0.2, -0.15) is 0 Å². The van der Waals surface area contributed by atoms with Crippen molar-refractivity contribution < 1.29 is 9.53 Å². The van der Waals surface area contributed by atoms with Crippen molar-refractivity contribution in [1.82, 2.24) is 19.7 Å². The minimum Gasteiger partial charge on any atom is -0.488 e. The summed E-state index contributed by atoms with van der Waals surface area (Å²) in [5.41, 5.74) is 1.58. The zero-order chi connectivity index (χ0) is 15.6. The molecule has 116 valence electrons. The fourth-order valence-corrected chi connectivity index (χ4v) is 2.76. The number of amides is 1. The topological polar surface area (TPSA) is 68.5 Å². The average Bonchev–Trinajstić information content (AvgIpc) is 3.04. The number of hydrogen-bond acceptors (Lipinski definition) is 4. The largest absolute Gasteiger partial charge is 0.488 e. The van der Waals surface area contributed by atoms with Crippen molar-refractivity contribution in [2.24, 2.45) is 0 Å². The molecule has 23 heavy (non-hydrogen) atoms. The van der Waals surface area contributed by atoms with Gasteiger partial charge in [0, 0.05) is 18.6 Å². The maximum absolute atomic E-state index is 12.2. The highest BCUT2D eigenvalue weighted by molar-refractivity contribution is 5.92. The SMILES string of the molecule is O=C(NC[C@H]1CCc2ccccc2O1)c1cn2cccnc2n1. The fraction of sp³-hybridized carbons (Fsp3) is 0.235. The lowest BCUT2D eigenvalue weighted by atomic mass is 10.0. The Morgan fingerprint density at radius 1 is 1.35 bits per heavy atom. The molecule has 0 spiro atoms. The molecule has 0 saturated heterocycles. The summed E-state index contributed by atoms with van der Waals surface area (Å²) in [5, 5.41) is 2.89. The van der Waals surface area contributed by atoms with Crippen LogP contribution in [0.3, 0.4) is 0 Å². The number of para-hydroxylation sites is 1. The molecule has 1 atom stereocenters. The first-order valence-corrected chi connectivity index (χ1v) is 7.62. The number of carbonyl (C=O) groups is 1. The predicted molar refractivity (Wildman–Crippen MR) is 84.5 cm³/mol. The first-order chi connectivity index (χ1) is 11.3. The zero-order valence-corrected chi connectivity index (χ0v) is 12.5. The normalized spacial score (nSPS) is 16.6. The second-order valence-corrected chi connectivity index (χ2v) is 5.55. The van der Waals surface area contributed by atoms with Crippen LogP contribution in [0.15, 0.2) is 48.9 Å². The third-order valence-corrected chi connectivity index (χ3v) is 3.96. The Labute approximate surface area is 133 Å². The summed E-state index contributed by atoms with van der Waals surface area (Å²) in [7, 11) is 0. The lowest BCUT2D eigenvalue weighted by molar-refractivity contribution is 0.0914. The van der Waals surface area contributed by atoms with Crippen molar-refractivity contribution >= 4 is 11.7 Å². The predicted octanol–water partition coefficient (Wildman–Crippen LogP) is 1.85. The molecule has 6 heteroatoms. The van der Waals surface area contributed by atoms with Crippen LogP contribution >= 0.6 is 0 Å². The van der Waals surface area contributed by atoms with E-state index in [1.54, 1.807) is 22.9 Å². The van der Waals surface area contributed by atoms with Gasteiger partial charge < -0.3 is 10.1 Å². The zero-order valence-electron chi connectivity index (χ0n) is 12.5. The molecule has 1 aliphatic rings. The molecule has 0 radical (unpaired) electrons. The lowest BCUT2D eigenvalue weighted by Gasteiger charge is -2.26. The van der Waals surface area contributed by atoms with Crippen molar-refractivity contribution in [3.63, 3.8) is 0 Å². The van der Waals surface area contributed by atoms with Gasteiger partial charge in [-0.15, -0.1) is 0 Å². The number of carbonyl (C=O) groups excluding carboxylic acids is 1. The van der Waals surface area contributed by atoms with Crippen LogP contribution in [0.25, 0.3) is 5.78 Å². The number of nitrogens with one attached hydrogen (secondary N) is 1. The number of aromatic nitrogens is 3. The molecule has 0 aliphatic carbocycles. The summed E-state index contributed by atoms with van der Waals surface area (Å²) in [6, 6.07) is 9.82. The van der Waals surface area contributed by atoms with Crippen LogP contribution < -0.4 is 10.1 Å². The van der Waals surface area contributed by atoms with Gasteiger partial charge in [0.05, 0.1) is 6.54 Å². The summed E-state index contributed by atoms with van der Waals surface area (Å²) in [5.74, 6) is 1.22. The Morgan fingerprint density at radius 3 is 3.17 bits per heavy atom. The molecule has 0 saturated carbocycles. The molecule has 1 N–H and O–H groups in total. The molecule has 2 aromatic heterocycles. The summed E-state index contributed by atoms with van der Waals surface area (Å²) in [6.07, 6.45) is 6.99. The molecular weight excluding hydrogens is 292 g/mol. The Bertz CT molecular complexity index is 825. The van der Waals surface area contributed by atoms with Crippen LogP contribution in [-0.2, 0) is 6.42 Å². The van der Waals surface area contributed by atoms with Crippen molar-refractivity contribution in [1.29, 1.82) is 0 Å². The summed E-state index contributed by atoms with van der Waals surface area (Å²) < 4.78 is 7.65. The van der Waals surface area contributed by atoms with Crippen LogP contribution in [0.1, 0.15) is 22.5 Å². The number of nitrogens with zero attached hydrogens (tertiary/aromatic N) is 3. The second kappa shape index (κ2) is 5.72. The van der Waals surface area contributed by atoms with E-state index in [0.29, 0.717) is 18.0 Å². The number of aryl methyl sites for hydroxylation is 1. The molecule has 3 heterocycles. The highest BCUT2D eigenvalue weighted by atomic mass is 16.5. The summed E-state index contributed by atoms with van der Waals surface area (Å²) in [4.78, 5) is 20.6. The van der Waals surface area contributed by atoms with Gasteiger partial charge in [-0.05, 0) is 30.5 Å². The fourth-order valence-electron chi connectivity index (χ4n) is 2.76. The van der Waals surface area contributed by atoms with Gasteiger partial charge in [-0.25, -0.2) is 9.97 Å². The van der Waals surface area contributed by atoms with Crippen LogP contribution in [0, 0.1) is 0 Å². The minimum absolute atomic E-state index is 0.0102. The van der Waals surface area contributed by atoms with E-state index in [0.717, 1.165) is 18.6 Å². The number of fused-ring (bicyclic) bond motifs is 2. The van der Waals surface area contributed by atoms with E-state index in [9.17, 15) is 4.79 Å². The Morgan fingerprint density at radius 2 is 2.26 bits per heavy atom. The third kappa shape index (κ3) is 2.75. The molecule has 0 unspecified atom stereocenters. The van der Waals surface area contributed by atoms with Crippen molar-refractivity contribution in [3.05, 3.63) is 60.2 Å². The third-order valence-electron chi connectivity index (χ3n) is 3.96. The molecule has 0 fully saturated rings. The van der Waals surface area contributed by atoms with Crippen LogP contribution in [-0.4, -0.2) is 32.9 Å². The van der Waals surface area contributed by atoms with Gasteiger partial charge in [0.25, 0.3) is 5.91 Å². The maximum atomic E-state index is 12.2. The van der Waals surface area contributed by atoms with Gasteiger partial charge >= 0.3 is 0 Å². The van der Waals surface area contributed by atoms with Crippen molar-refractivity contribution in [3.8, 4) is 5.75 Å². The minimum atomic E-state index is -0.210. The van der Waals surface area contributed by atoms with Crippen LogP contribution in [0.2, 0.25) is 0 Å². The monoisotopic (exact) mass is 308 g/mol. The first-order valence-electron chi connectivity index (χ1n) is 7.62. The van der Waals surface area contributed by atoms with E-state index in [-0.39, 0.29) is 12.0 Å². The Balaban J connectivity index is 1.40. The highest BCUT2D eigenvalue weighted by Gasteiger charge is 2.20. The van der Waals surface area contributed by atoms with E-state index in [1.165, 1.54) is 5.56 Å². The van der Waals surface area contributed by atoms with Crippen molar-refractivity contribution in [2.75, 3.05) is 6.54 Å². The molecule has 1 aromatic carbocycles. The van der Waals surface area contributed by atoms with Gasteiger partial charge in [0.2, 0.25) is 5.78 Å². The van der Waals surface area contributed by atoms with Crippen LogP contribution in [0.4, 0.5) is 0 Å². The quantitative estimate of drug-likeness (QED) is 0.802. The van der Waals surface area contributed by atoms with E-state index < -0.39 is 0 Å². The van der Waals surface area contributed by atoms with Crippen molar-refractivity contribution in [2.45, 2.75) is 18.9 Å². The average molecular weight is 308 g/mol. The maximum Gasteiger partial charge on any atom is 0.271 e. The molecular formula is C17H16N4O2. The second-order valence-electron chi connectivity index (χ2n) is 5.55. The molecule has 3 aromatic rings. The Kier molecular flexibility index (Phi) is 3.42. The van der Waals surface area contributed by atoms with Gasteiger partial charge in [-0.3, -0.25) is 9.20 Å². The first kappa shape index (κ1) is 13.8. The number of rotatable bonds is 3. The van der Waals surface area contributed by atoms with E-state index in [4.69, 9.17) is 4.74 Å². The van der Waals surface area contributed by atoms with Crippen LogP contribution in [0.5, 0.6) is 5.75 Å². The number of ether oxygens (including phenoxy) is 1. The molecule has 1 aliphatic heterocycles. The molecule has 0 bridgehead atoms. The number of imidazole rings is 1. The number of benzene rings is 1. The Hall–Kier alpha value is -2.89. The summed E-state index contributed by atoms with van der Waals surface area (Å²) in [6.45, 7) is 0.467. The van der Waals surface area contributed by atoms with Gasteiger partial charge in [0.1, 0.15) is 17.5 Å². The number of hydrogen-bond donors (Lipinski definition) is 1. The molecule has 4 rings (SSSR count). The van der Waals surface area contributed by atoms with Gasteiger partial charge in [-0.1, -0.05) is 18.2 Å². The highest BCUT2D eigenvalue weighted by Crippen LogP contribution is 2.26. The van der Waals surface area contributed by atoms with Gasteiger partial charge in [0.15, 0.2) is 0 Å². The molecule has 6 nitrogen and oxygen atoms in total. The smallest absolute Gasteiger partial charge is 0.271 e. The standard InChI is InChI=1S/C17H16N4O2/c22-16(14-11-21-9-3-8-18-17(21)20-14)19-10-13-7-6-12-4-1-2-5-15(12)23-13/h1-5,8-9,11,13H,6-7,10H2,(H,19,22)/t13-/m1/s1. The summed E-state index contributed by atoms with van der Waals surface area (Å²) >= 11 is 0.